The minimum Gasteiger partial charge on any atom is -0.497 e. The molecule has 0 spiro atoms. The Morgan fingerprint density at radius 3 is 2.07 bits per heavy atom. The summed E-state index contributed by atoms with van der Waals surface area (Å²) >= 11 is 1.16. The molecular formula is C22H22N2O5S. The second-order valence-electron chi connectivity index (χ2n) is 6.32. The van der Waals surface area contributed by atoms with Crippen LogP contribution in [0.3, 0.4) is 0 Å². The maximum absolute atomic E-state index is 12.9. The van der Waals surface area contributed by atoms with E-state index < -0.39 is 5.97 Å². The van der Waals surface area contributed by atoms with Gasteiger partial charge in [0, 0.05) is 6.08 Å². The summed E-state index contributed by atoms with van der Waals surface area (Å²) in [5.41, 5.74) is 1.90. The van der Waals surface area contributed by atoms with Crippen LogP contribution in [-0.4, -0.2) is 43.3 Å². The molecule has 1 fully saturated rings. The van der Waals surface area contributed by atoms with Gasteiger partial charge in [-0.25, -0.2) is 4.79 Å². The van der Waals surface area contributed by atoms with Crippen LogP contribution in [0, 0.1) is 0 Å². The summed E-state index contributed by atoms with van der Waals surface area (Å²) in [6.07, 6.45) is 1.20. The molecule has 0 atom stereocenters. The predicted octanol–water partition coefficient (Wildman–Crippen LogP) is 3.39. The zero-order valence-corrected chi connectivity index (χ0v) is 17.8. The minimum atomic E-state index is -0.577. The maximum Gasteiger partial charge on any atom is 0.331 e. The molecular weight excluding hydrogens is 404 g/mol. The van der Waals surface area contributed by atoms with Gasteiger partial charge < -0.3 is 14.2 Å². The van der Waals surface area contributed by atoms with Crippen molar-refractivity contribution in [3.05, 3.63) is 70.6 Å². The van der Waals surface area contributed by atoms with Crippen LogP contribution in [0.1, 0.15) is 11.1 Å². The second kappa shape index (κ2) is 9.98. The average Bonchev–Trinajstić information content (AvgIpc) is 3.07. The molecule has 0 saturated carbocycles. The zero-order chi connectivity index (χ0) is 21.5. The van der Waals surface area contributed by atoms with E-state index in [4.69, 9.17) is 9.47 Å². The van der Waals surface area contributed by atoms with Crippen molar-refractivity contribution in [3.8, 4) is 11.5 Å². The lowest BCUT2D eigenvalue weighted by molar-refractivity contribution is -0.135. The fourth-order valence-corrected chi connectivity index (χ4v) is 3.67. The Morgan fingerprint density at radius 1 is 0.967 bits per heavy atom. The van der Waals surface area contributed by atoms with Crippen molar-refractivity contribution in [1.29, 1.82) is 0 Å². The van der Waals surface area contributed by atoms with Crippen molar-refractivity contribution in [1.82, 2.24) is 4.90 Å². The first-order chi connectivity index (χ1) is 14.5. The first-order valence-corrected chi connectivity index (χ1v) is 9.95. The zero-order valence-electron chi connectivity index (χ0n) is 17.0. The molecule has 8 heteroatoms. The topological polar surface area (TPSA) is 77.4 Å². The van der Waals surface area contributed by atoms with Gasteiger partial charge in [-0.15, -0.1) is 0 Å². The molecule has 2 aromatic rings. The van der Waals surface area contributed by atoms with Gasteiger partial charge in [0.1, 0.15) is 11.5 Å². The molecule has 30 heavy (non-hydrogen) atoms. The van der Waals surface area contributed by atoms with Gasteiger partial charge in [0.25, 0.3) is 5.91 Å². The number of thioether (sulfide) groups is 1. The van der Waals surface area contributed by atoms with E-state index >= 15 is 0 Å². The molecule has 0 N–H and O–H groups in total. The van der Waals surface area contributed by atoms with E-state index in [1.165, 1.54) is 13.2 Å². The highest BCUT2D eigenvalue weighted by Crippen LogP contribution is 2.32. The third kappa shape index (κ3) is 5.21. The molecule has 1 amide bonds. The fourth-order valence-electron chi connectivity index (χ4n) is 2.73. The van der Waals surface area contributed by atoms with E-state index in [9.17, 15) is 9.59 Å². The summed E-state index contributed by atoms with van der Waals surface area (Å²) < 4.78 is 15.0. The lowest BCUT2D eigenvalue weighted by Gasteiger charge is -2.16. The Bertz CT molecular complexity index is 968. The first-order valence-electron chi connectivity index (χ1n) is 9.13. The van der Waals surface area contributed by atoms with Crippen LogP contribution in [0.25, 0.3) is 0 Å². The van der Waals surface area contributed by atoms with E-state index in [-0.39, 0.29) is 10.8 Å². The second-order valence-corrected chi connectivity index (χ2v) is 7.33. The monoisotopic (exact) mass is 426 g/mol. The predicted molar refractivity (Wildman–Crippen MR) is 115 cm³/mol. The lowest BCUT2D eigenvalue weighted by Crippen LogP contribution is -2.28. The van der Waals surface area contributed by atoms with E-state index in [1.54, 1.807) is 19.1 Å². The third-order valence-electron chi connectivity index (χ3n) is 4.39. The highest BCUT2D eigenvalue weighted by molar-refractivity contribution is 8.18. The van der Waals surface area contributed by atoms with Gasteiger partial charge in [-0.3, -0.25) is 14.7 Å². The molecule has 3 rings (SSSR count). The number of aliphatic imine (C=N–C) groups is 1. The number of rotatable bonds is 7. The number of carbonyl (C=O) groups excluding carboxylic acids is 2. The van der Waals surface area contributed by atoms with Gasteiger partial charge in [-0.2, -0.15) is 0 Å². The molecule has 0 radical (unpaired) electrons. The quantitative estimate of drug-likeness (QED) is 0.499. The number of carbonyl (C=O) groups is 2. The number of nitrogens with zero attached hydrogens (tertiary/aromatic N) is 2. The van der Waals surface area contributed by atoms with Crippen LogP contribution in [-0.2, 0) is 27.4 Å². The number of amides is 1. The van der Waals surface area contributed by atoms with Crippen molar-refractivity contribution in [3.63, 3.8) is 0 Å². The molecule has 1 saturated heterocycles. The van der Waals surface area contributed by atoms with Crippen molar-refractivity contribution in [2.45, 2.75) is 13.1 Å². The molecule has 0 aliphatic carbocycles. The number of esters is 1. The van der Waals surface area contributed by atoms with Gasteiger partial charge in [-0.05, 0) is 47.2 Å². The van der Waals surface area contributed by atoms with Gasteiger partial charge in [0.15, 0.2) is 5.17 Å². The standard InChI is InChI=1S/C22H22N2O5S/c1-27-17-8-4-15(5-9-17)13-23-22-24(14-16-6-10-18(28-2)11-7-16)21(26)19(30-22)12-20(25)29-3/h4-12H,13-14H2,1-3H3. The summed E-state index contributed by atoms with van der Waals surface area (Å²) in [6.45, 7) is 0.722. The number of amidine groups is 1. The summed E-state index contributed by atoms with van der Waals surface area (Å²) in [7, 11) is 4.49. The molecule has 1 aliphatic heterocycles. The van der Waals surface area contributed by atoms with Crippen LogP contribution in [0.4, 0.5) is 0 Å². The third-order valence-corrected chi connectivity index (χ3v) is 5.44. The van der Waals surface area contributed by atoms with Crippen LogP contribution >= 0.6 is 11.8 Å². The molecule has 7 nitrogen and oxygen atoms in total. The molecule has 156 valence electrons. The van der Waals surface area contributed by atoms with Gasteiger partial charge in [0.05, 0.1) is 39.3 Å². The molecule has 2 aromatic carbocycles. The molecule has 0 bridgehead atoms. The molecule has 1 heterocycles. The van der Waals surface area contributed by atoms with E-state index in [0.29, 0.717) is 18.3 Å². The van der Waals surface area contributed by atoms with E-state index in [2.05, 4.69) is 9.73 Å². The summed E-state index contributed by atoms with van der Waals surface area (Å²) in [5, 5.41) is 0.529. The van der Waals surface area contributed by atoms with Crippen molar-refractivity contribution < 1.29 is 23.8 Å². The van der Waals surface area contributed by atoms with E-state index in [1.807, 2.05) is 48.5 Å². The Hall–Kier alpha value is -3.26. The lowest BCUT2D eigenvalue weighted by atomic mass is 10.2. The van der Waals surface area contributed by atoms with E-state index in [0.717, 1.165) is 34.4 Å². The van der Waals surface area contributed by atoms with Crippen LogP contribution in [0.2, 0.25) is 0 Å². The minimum absolute atomic E-state index is 0.281. The number of ether oxygens (including phenoxy) is 3. The highest BCUT2D eigenvalue weighted by atomic mass is 32.2. The highest BCUT2D eigenvalue weighted by Gasteiger charge is 2.34. The largest absolute Gasteiger partial charge is 0.497 e. The Kier molecular flexibility index (Phi) is 7.13. The van der Waals surface area contributed by atoms with Crippen LogP contribution in [0.5, 0.6) is 11.5 Å². The fraction of sp³-hybridized carbons (Fsp3) is 0.227. The Labute approximate surface area is 179 Å². The van der Waals surface area contributed by atoms with Crippen molar-refractivity contribution >= 4 is 28.8 Å². The number of hydrogen-bond acceptors (Lipinski definition) is 7. The van der Waals surface area contributed by atoms with Crippen LogP contribution in [0.15, 0.2) is 64.5 Å². The Morgan fingerprint density at radius 2 is 1.53 bits per heavy atom. The number of methoxy groups -OCH3 is 3. The first kappa shape index (κ1) is 21.4. The van der Waals surface area contributed by atoms with Crippen molar-refractivity contribution in [2.24, 2.45) is 4.99 Å². The van der Waals surface area contributed by atoms with Crippen molar-refractivity contribution in [2.75, 3.05) is 21.3 Å². The van der Waals surface area contributed by atoms with Gasteiger partial charge in [0.2, 0.25) is 0 Å². The molecule has 1 aliphatic rings. The molecule has 0 unspecified atom stereocenters. The Balaban J connectivity index is 1.84. The number of hydrogen-bond donors (Lipinski definition) is 0. The SMILES string of the molecule is COC(=O)C=C1SC(=NCc2ccc(OC)cc2)N(Cc2ccc(OC)cc2)C1=O. The summed E-state index contributed by atoms with van der Waals surface area (Å²) in [4.78, 5) is 31.0. The summed E-state index contributed by atoms with van der Waals surface area (Å²) in [5.74, 6) is 0.642. The number of benzene rings is 2. The smallest absolute Gasteiger partial charge is 0.331 e. The van der Waals surface area contributed by atoms with Crippen LogP contribution < -0.4 is 9.47 Å². The average molecular weight is 426 g/mol. The van der Waals surface area contributed by atoms with Gasteiger partial charge in [-0.1, -0.05) is 24.3 Å². The molecule has 0 aromatic heterocycles. The van der Waals surface area contributed by atoms with Gasteiger partial charge >= 0.3 is 5.97 Å². The normalized spacial score (nSPS) is 16.2. The maximum atomic E-state index is 12.9. The summed E-state index contributed by atoms with van der Waals surface area (Å²) in [6, 6.07) is 15.0.